The average Bonchev–Trinajstić information content (AvgIpc) is 2.70. The summed E-state index contributed by atoms with van der Waals surface area (Å²) < 4.78 is 1.72. The Morgan fingerprint density at radius 3 is 2.89 bits per heavy atom. The van der Waals surface area contributed by atoms with Crippen LogP contribution in [0.25, 0.3) is 0 Å². The molecular formula is C10H11N5O3S. The molecule has 0 radical (unpaired) electrons. The van der Waals surface area contributed by atoms with Gasteiger partial charge in [-0.25, -0.2) is 9.59 Å². The van der Waals surface area contributed by atoms with Crippen molar-refractivity contribution in [1.29, 1.82) is 0 Å². The molecule has 0 bridgehead atoms. The van der Waals surface area contributed by atoms with Crippen LogP contribution in [-0.4, -0.2) is 35.8 Å². The van der Waals surface area contributed by atoms with E-state index < -0.39 is 11.7 Å². The third-order valence-electron chi connectivity index (χ3n) is 2.44. The van der Waals surface area contributed by atoms with Crippen molar-refractivity contribution >= 4 is 17.7 Å². The van der Waals surface area contributed by atoms with E-state index in [0.717, 1.165) is 11.8 Å². The SMILES string of the molecule is Cc1[nH]c(=O)nc(SCc2nncn2C)c1C(=O)O. The first-order chi connectivity index (χ1) is 8.99. The van der Waals surface area contributed by atoms with E-state index in [1.165, 1.54) is 6.92 Å². The molecule has 2 N–H and O–H groups in total. The molecule has 0 saturated heterocycles. The molecule has 0 aliphatic heterocycles. The molecule has 0 amide bonds. The lowest BCUT2D eigenvalue weighted by molar-refractivity contribution is 0.0690. The number of carbonyl (C=O) groups is 1. The van der Waals surface area contributed by atoms with Crippen LogP contribution in [0.3, 0.4) is 0 Å². The number of carboxylic acid groups (broad SMARTS) is 1. The highest BCUT2D eigenvalue weighted by Crippen LogP contribution is 2.23. The molecule has 0 aliphatic carbocycles. The molecule has 0 saturated carbocycles. The number of hydrogen-bond acceptors (Lipinski definition) is 6. The summed E-state index contributed by atoms with van der Waals surface area (Å²) in [6.45, 7) is 1.53. The van der Waals surface area contributed by atoms with Gasteiger partial charge in [0.1, 0.15) is 22.7 Å². The molecule has 0 atom stereocenters. The Labute approximate surface area is 111 Å². The predicted molar refractivity (Wildman–Crippen MR) is 67.1 cm³/mol. The van der Waals surface area contributed by atoms with Crippen molar-refractivity contribution in [3.63, 3.8) is 0 Å². The number of nitrogens with zero attached hydrogens (tertiary/aromatic N) is 4. The number of rotatable bonds is 4. The van der Waals surface area contributed by atoms with E-state index >= 15 is 0 Å². The van der Waals surface area contributed by atoms with Crippen molar-refractivity contribution in [2.75, 3.05) is 0 Å². The van der Waals surface area contributed by atoms with Gasteiger partial charge in [-0.1, -0.05) is 11.8 Å². The van der Waals surface area contributed by atoms with Gasteiger partial charge in [0.15, 0.2) is 0 Å². The summed E-state index contributed by atoms with van der Waals surface area (Å²) in [7, 11) is 1.78. The molecule has 2 aromatic rings. The lowest BCUT2D eigenvalue weighted by Gasteiger charge is -2.06. The summed E-state index contributed by atoms with van der Waals surface area (Å²) in [5.41, 5.74) is -0.275. The Morgan fingerprint density at radius 1 is 1.58 bits per heavy atom. The first kappa shape index (κ1) is 13.3. The maximum atomic E-state index is 11.3. The minimum Gasteiger partial charge on any atom is -0.478 e. The third kappa shape index (κ3) is 2.81. The van der Waals surface area contributed by atoms with Crippen LogP contribution in [0.5, 0.6) is 0 Å². The highest BCUT2D eigenvalue weighted by molar-refractivity contribution is 7.98. The van der Waals surface area contributed by atoms with E-state index in [4.69, 9.17) is 5.11 Å². The normalized spacial score (nSPS) is 10.6. The van der Waals surface area contributed by atoms with Gasteiger partial charge in [-0.05, 0) is 6.92 Å². The van der Waals surface area contributed by atoms with Crippen molar-refractivity contribution in [2.24, 2.45) is 7.05 Å². The fourth-order valence-electron chi connectivity index (χ4n) is 1.49. The average molecular weight is 281 g/mol. The van der Waals surface area contributed by atoms with Crippen LogP contribution in [0, 0.1) is 6.92 Å². The number of nitrogens with one attached hydrogen (secondary N) is 1. The number of aryl methyl sites for hydroxylation is 2. The summed E-state index contributed by atoms with van der Waals surface area (Å²) in [4.78, 5) is 28.6. The van der Waals surface area contributed by atoms with Crippen molar-refractivity contribution in [3.05, 3.63) is 33.9 Å². The molecule has 0 fully saturated rings. The quantitative estimate of drug-likeness (QED) is 0.607. The summed E-state index contributed by atoms with van der Waals surface area (Å²) in [6, 6.07) is 0. The van der Waals surface area contributed by atoms with Gasteiger partial charge >= 0.3 is 11.7 Å². The van der Waals surface area contributed by atoms with E-state index in [-0.39, 0.29) is 16.3 Å². The predicted octanol–water partition coefficient (Wildman–Crippen LogP) is 0.197. The Hall–Kier alpha value is -2.16. The van der Waals surface area contributed by atoms with Gasteiger partial charge in [-0.3, -0.25) is 0 Å². The fourth-order valence-corrected chi connectivity index (χ4v) is 2.55. The Morgan fingerprint density at radius 2 is 2.32 bits per heavy atom. The number of hydrogen-bond donors (Lipinski definition) is 2. The fraction of sp³-hybridized carbons (Fsp3) is 0.300. The first-order valence-electron chi connectivity index (χ1n) is 5.29. The van der Waals surface area contributed by atoms with Crippen molar-refractivity contribution in [1.82, 2.24) is 24.7 Å². The monoisotopic (exact) mass is 281 g/mol. The molecule has 2 aromatic heterocycles. The van der Waals surface area contributed by atoms with E-state index in [9.17, 15) is 9.59 Å². The van der Waals surface area contributed by atoms with E-state index in [1.807, 2.05) is 0 Å². The van der Waals surface area contributed by atoms with E-state index in [1.54, 1.807) is 17.9 Å². The number of aromatic nitrogens is 5. The third-order valence-corrected chi connectivity index (χ3v) is 3.41. The molecule has 2 rings (SSSR count). The van der Waals surface area contributed by atoms with Crippen LogP contribution in [0.1, 0.15) is 21.9 Å². The summed E-state index contributed by atoms with van der Waals surface area (Å²) in [6.07, 6.45) is 1.55. The van der Waals surface area contributed by atoms with Crippen molar-refractivity contribution < 1.29 is 9.90 Å². The molecular weight excluding hydrogens is 270 g/mol. The number of carboxylic acids is 1. The van der Waals surface area contributed by atoms with Crippen LogP contribution in [0.2, 0.25) is 0 Å². The zero-order valence-corrected chi connectivity index (χ0v) is 11.1. The summed E-state index contributed by atoms with van der Waals surface area (Å²) in [5.74, 6) is -0.0741. The first-order valence-corrected chi connectivity index (χ1v) is 6.27. The molecule has 0 aromatic carbocycles. The number of thioether (sulfide) groups is 1. The van der Waals surface area contributed by atoms with Crippen LogP contribution in [0.15, 0.2) is 16.1 Å². The maximum absolute atomic E-state index is 11.3. The standard InChI is InChI=1S/C10H11N5O3S/c1-5-7(9(16)17)8(13-10(18)12-5)19-3-6-14-11-4-15(6)2/h4H,3H2,1-2H3,(H,16,17)(H,12,13,18). The van der Waals surface area contributed by atoms with Crippen LogP contribution in [-0.2, 0) is 12.8 Å². The number of H-pyrrole nitrogens is 1. The molecule has 0 aliphatic rings. The van der Waals surface area contributed by atoms with E-state index in [2.05, 4.69) is 20.2 Å². The van der Waals surface area contributed by atoms with Crippen LogP contribution in [0.4, 0.5) is 0 Å². The zero-order chi connectivity index (χ0) is 14.0. The number of aromatic carboxylic acids is 1. The highest BCUT2D eigenvalue weighted by atomic mass is 32.2. The van der Waals surface area contributed by atoms with Gasteiger partial charge in [-0.15, -0.1) is 10.2 Å². The van der Waals surface area contributed by atoms with Crippen LogP contribution < -0.4 is 5.69 Å². The Bertz CT molecular complexity index is 678. The lowest BCUT2D eigenvalue weighted by atomic mass is 10.2. The van der Waals surface area contributed by atoms with Crippen molar-refractivity contribution in [3.8, 4) is 0 Å². The molecule has 9 heteroatoms. The van der Waals surface area contributed by atoms with Gasteiger partial charge in [0, 0.05) is 12.7 Å². The van der Waals surface area contributed by atoms with Gasteiger partial charge in [0.05, 0.1) is 5.75 Å². The minimum absolute atomic E-state index is 0.00627. The van der Waals surface area contributed by atoms with Gasteiger partial charge < -0.3 is 14.7 Å². The topological polar surface area (TPSA) is 114 Å². The Balaban J connectivity index is 2.32. The summed E-state index contributed by atoms with van der Waals surface area (Å²) >= 11 is 1.14. The molecule has 8 nitrogen and oxygen atoms in total. The van der Waals surface area contributed by atoms with E-state index in [0.29, 0.717) is 11.6 Å². The van der Waals surface area contributed by atoms with Crippen molar-refractivity contribution in [2.45, 2.75) is 17.7 Å². The molecule has 100 valence electrons. The number of aromatic amines is 1. The second kappa shape index (κ2) is 5.22. The maximum Gasteiger partial charge on any atom is 0.346 e. The second-order valence-corrected chi connectivity index (χ2v) is 4.76. The molecule has 2 heterocycles. The highest BCUT2D eigenvalue weighted by Gasteiger charge is 2.17. The van der Waals surface area contributed by atoms with Gasteiger partial charge in [0.2, 0.25) is 0 Å². The molecule has 0 unspecified atom stereocenters. The second-order valence-electron chi connectivity index (χ2n) is 3.80. The largest absolute Gasteiger partial charge is 0.478 e. The molecule has 19 heavy (non-hydrogen) atoms. The van der Waals surface area contributed by atoms with Gasteiger partial charge in [-0.2, -0.15) is 4.98 Å². The summed E-state index contributed by atoms with van der Waals surface area (Å²) in [5, 5.41) is 16.9. The zero-order valence-electron chi connectivity index (χ0n) is 10.2. The van der Waals surface area contributed by atoms with Crippen LogP contribution >= 0.6 is 11.8 Å². The Kier molecular flexibility index (Phi) is 3.65. The molecule has 0 spiro atoms. The lowest BCUT2D eigenvalue weighted by Crippen LogP contribution is -2.18. The van der Waals surface area contributed by atoms with Gasteiger partial charge in [0.25, 0.3) is 0 Å². The smallest absolute Gasteiger partial charge is 0.346 e. The minimum atomic E-state index is -1.12.